The summed E-state index contributed by atoms with van der Waals surface area (Å²) in [6.45, 7) is 1.77. The normalized spacial score (nSPS) is 20.5. The molecule has 2 amide bonds. The van der Waals surface area contributed by atoms with Crippen molar-refractivity contribution in [1.82, 2.24) is 10.6 Å². The van der Waals surface area contributed by atoms with Crippen LogP contribution >= 0.6 is 0 Å². The molecule has 32 heavy (non-hydrogen) atoms. The molecular weight excluding hydrogens is 408 g/mol. The number of carboxylic acids is 1. The molecule has 4 rings (SSSR count). The molecule has 3 N–H and O–H groups in total. The molecule has 168 valence electrons. The van der Waals surface area contributed by atoms with Gasteiger partial charge in [0.25, 0.3) is 0 Å². The number of rotatable bonds is 6. The van der Waals surface area contributed by atoms with Crippen molar-refractivity contribution < 1.29 is 24.2 Å². The number of aliphatic carboxylic acids is 1. The lowest BCUT2D eigenvalue weighted by Crippen LogP contribution is -2.49. The fraction of sp³-hybridized carbons (Fsp3) is 0.400. The van der Waals surface area contributed by atoms with Crippen LogP contribution in [0.3, 0.4) is 0 Å². The summed E-state index contributed by atoms with van der Waals surface area (Å²) in [5.41, 5.74) is 4.55. The molecule has 0 spiro atoms. The molecule has 0 aromatic heterocycles. The first-order valence-corrected chi connectivity index (χ1v) is 11.1. The second-order valence-electron chi connectivity index (χ2n) is 8.60. The molecule has 0 radical (unpaired) electrons. The Bertz CT molecular complexity index is 975. The SMILES string of the molecule is C[C@H](NC(=O)OCC1c2ccccc2-c2ccccc21)C(=O)NC1CCCC(C(=O)O)C1. The number of benzene rings is 2. The van der Waals surface area contributed by atoms with Gasteiger partial charge in [0.1, 0.15) is 12.6 Å². The molecule has 2 unspecified atom stereocenters. The highest BCUT2D eigenvalue weighted by Gasteiger charge is 2.31. The summed E-state index contributed by atoms with van der Waals surface area (Å²) < 4.78 is 5.49. The second kappa shape index (κ2) is 9.42. The van der Waals surface area contributed by atoms with Crippen molar-refractivity contribution in [3.8, 4) is 11.1 Å². The first-order valence-electron chi connectivity index (χ1n) is 11.1. The Morgan fingerprint density at radius 2 is 1.66 bits per heavy atom. The second-order valence-corrected chi connectivity index (χ2v) is 8.60. The van der Waals surface area contributed by atoms with E-state index in [9.17, 15) is 19.5 Å². The Balaban J connectivity index is 1.30. The number of alkyl carbamates (subject to hydrolysis) is 1. The lowest BCUT2D eigenvalue weighted by molar-refractivity contribution is -0.143. The maximum absolute atomic E-state index is 12.5. The fourth-order valence-electron chi connectivity index (χ4n) is 4.75. The molecule has 7 heteroatoms. The molecule has 7 nitrogen and oxygen atoms in total. The van der Waals surface area contributed by atoms with Crippen molar-refractivity contribution in [2.45, 2.75) is 50.6 Å². The van der Waals surface area contributed by atoms with Crippen molar-refractivity contribution in [3.63, 3.8) is 0 Å². The van der Waals surface area contributed by atoms with E-state index < -0.39 is 24.0 Å². The zero-order valence-corrected chi connectivity index (χ0v) is 18.0. The van der Waals surface area contributed by atoms with Crippen molar-refractivity contribution in [1.29, 1.82) is 0 Å². The zero-order valence-electron chi connectivity index (χ0n) is 18.0. The Hall–Kier alpha value is -3.35. The number of hydrogen-bond acceptors (Lipinski definition) is 4. The maximum atomic E-state index is 12.5. The largest absolute Gasteiger partial charge is 0.481 e. The van der Waals surface area contributed by atoms with Gasteiger partial charge in [-0.3, -0.25) is 9.59 Å². The smallest absolute Gasteiger partial charge is 0.407 e. The third kappa shape index (κ3) is 4.61. The van der Waals surface area contributed by atoms with Crippen LogP contribution in [0, 0.1) is 5.92 Å². The first-order chi connectivity index (χ1) is 15.4. The van der Waals surface area contributed by atoms with E-state index in [-0.39, 0.29) is 24.5 Å². The summed E-state index contributed by atoms with van der Waals surface area (Å²) in [5.74, 6) is -1.64. The van der Waals surface area contributed by atoms with Crippen molar-refractivity contribution in [2.75, 3.05) is 6.61 Å². The number of nitrogens with one attached hydrogen (secondary N) is 2. The van der Waals surface area contributed by atoms with Crippen LogP contribution in [0.25, 0.3) is 11.1 Å². The van der Waals surface area contributed by atoms with E-state index in [0.29, 0.717) is 12.8 Å². The number of carbonyl (C=O) groups is 3. The van der Waals surface area contributed by atoms with E-state index in [2.05, 4.69) is 22.8 Å². The van der Waals surface area contributed by atoms with Gasteiger partial charge < -0.3 is 20.5 Å². The van der Waals surface area contributed by atoms with E-state index >= 15 is 0 Å². The van der Waals surface area contributed by atoms with Crippen LogP contribution in [0.2, 0.25) is 0 Å². The quantitative estimate of drug-likeness (QED) is 0.641. The van der Waals surface area contributed by atoms with Gasteiger partial charge in [0.15, 0.2) is 0 Å². The van der Waals surface area contributed by atoms with E-state index in [0.717, 1.165) is 35.1 Å². The minimum Gasteiger partial charge on any atom is -0.481 e. The average Bonchev–Trinajstić information content (AvgIpc) is 3.11. The number of carbonyl (C=O) groups excluding carboxylic acids is 2. The number of ether oxygens (including phenoxy) is 1. The molecule has 3 atom stereocenters. The fourth-order valence-corrected chi connectivity index (χ4v) is 4.75. The Kier molecular flexibility index (Phi) is 6.44. The average molecular weight is 437 g/mol. The monoisotopic (exact) mass is 436 g/mol. The van der Waals surface area contributed by atoms with Gasteiger partial charge in [0.05, 0.1) is 5.92 Å². The maximum Gasteiger partial charge on any atom is 0.407 e. The van der Waals surface area contributed by atoms with Crippen LogP contribution in [0.4, 0.5) is 4.79 Å². The van der Waals surface area contributed by atoms with Crippen molar-refractivity contribution >= 4 is 18.0 Å². The van der Waals surface area contributed by atoms with Gasteiger partial charge in [-0.15, -0.1) is 0 Å². The van der Waals surface area contributed by atoms with Crippen LogP contribution < -0.4 is 10.6 Å². The minimum absolute atomic E-state index is 0.0486. The Morgan fingerprint density at radius 3 is 2.28 bits per heavy atom. The number of fused-ring (bicyclic) bond motifs is 3. The van der Waals surface area contributed by atoms with Crippen molar-refractivity contribution in [2.24, 2.45) is 5.92 Å². The van der Waals surface area contributed by atoms with Crippen molar-refractivity contribution in [3.05, 3.63) is 59.7 Å². The standard InChI is InChI=1S/C25H28N2O5/c1-15(23(28)27-17-8-6-7-16(13-17)24(29)30)26-25(31)32-14-22-20-11-4-2-9-18(20)19-10-3-5-12-21(19)22/h2-5,9-12,15-17,22H,6-8,13-14H2,1H3,(H,26,31)(H,27,28)(H,29,30)/t15-,16?,17?/m0/s1. The Labute approximate surface area is 187 Å². The predicted molar refractivity (Wildman–Crippen MR) is 119 cm³/mol. The van der Waals surface area contributed by atoms with Crippen LogP contribution in [0.5, 0.6) is 0 Å². The summed E-state index contributed by atoms with van der Waals surface area (Å²) in [7, 11) is 0. The van der Waals surface area contributed by atoms with Gasteiger partial charge in [-0.1, -0.05) is 55.0 Å². The Morgan fingerprint density at radius 1 is 1.03 bits per heavy atom. The zero-order chi connectivity index (χ0) is 22.7. The predicted octanol–water partition coefficient (Wildman–Crippen LogP) is 3.67. The molecule has 0 aliphatic heterocycles. The topological polar surface area (TPSA) is 105 Å². The molecule has 0 bridgehead atoms. The summed E-state index contributed by atoms with van der Waals surface area (Å²) in [4.78, 5) is 36.1. The van der Waals surface area contributed by atoms with E-state index in [4.69, 9.17) is 4.74 Å². The van der Waals surface area contributed by atoms with Crippen LogP contribution in [-0.4, -0.2) is 41.8 Å². The summed E-state index contributed by atoms with van der Waals surface area (Å²) >= 11 is 0. The molecule has 0 heterocycles. The molecule has 1 fully saturated rings. The van der Waals surface area contributed by atoms with Gasteiger partial charge >= 0.3 is 12.1 Å². The third-order valence-corrected chi connectivity index (χ3v) is 6.44. The van der Waals surface area contributed by atoms with E-state index in [1.54, 1.807) is 6.92 Å². The number of hydrogen-bond donors (Lipinski definition) is 3. The molecule has 2 aliphatic rings. The van der Waals surface area contributed by atoms with Crippen LogP contribution in [0.1, 0.15) is 49.7 Å². The third-order valence-electron chi connectivity index (χ3n) is 6.44. The lowest BCUT2D eigenvalue weighted by atomic mass is 9.85. The summed E-state index contributed by atoms with van der Waals surface area (Å²) in [5, 5.41) is 14.6. The summed E-state index contributed by atoms with van der Waals surface area (Å²) in [6, 6.07) is 15.2. The van der Waals surface area contributed by atoms with Crippen LogP contribution in [0.15, 0.2) is 48.5 Å². The van der Waals surface area contributed by atoms with Crippen LogP contribution in [-0.2, 0) is 14.3 Å². The molecule has 1 saturated carbocycles. The number of amides is 2. The van der Waals surface area contributed by atoms with Gasteiger partial charge in [-0.25, -0.2) is 4.79 Å². The van der Waals surface area contributed by atoms with Gasteiger partial charge in [0, 0.05) is 12.0 Å². The molecular formula is C25H28N2O5. The highest BCUT2D eigenvalue weighted by Crippen LogP contribution is 2.44. The number of carboxylic acid groups (broad SMARTS) is 1. The molecule has 0 saturated heterocycles. The molecule has 2 aromatic carbocycles. The minimum atomic E-state index is -0.825. The lowest BCUT2D eigenvalue weighted by Gasteiger charge is -2.28. The van der Waals surface area contributed by atoms with E-state index in [1.165, 1.54) is 0 Å². The first kappa shape index (κ1) is 21.9. The highest BCUT2D eigenvalue weighted by atomic mass is 16.5. The van der Waals surface area contributed by atoms with Gasteiger partial charge in [0.2, 0.25) is 5.91 Å². The van der Waals surface area contributed by atoms with Gasteiger partial charge in [-0.05, 0) is 48.4 Å². The summed E-state index contributed by atoms with van der Waals surface area (Å²) in [6.07, 6.45) is 1.90. The molecule has 2 aromatic rings. The highest BCUT2D eigenvalue weighted by molar-refractivity contribution is 5.85. The van der Waals surface area contributed by atoms with Gasteiger partial charge in [-0.2, -0.15) is 0 Å². The molecule has 2 aliphatic carbocycles. The van der Waals surface area contributed by atoms with E-state index in [1.807, 2.05) is 36.4 Å².